The molecule has 2 N–H and O–H groups in total. The van der Waals surface area contributed by atoms with Gasteiger partial charge in [-0.15, -0.1) is 0 Å². The highest BCUT2D eigenvalue weighted by molar-refractivity contribution is 5.32. The van der Waals surface area contributed by atoms with Crippen molar-refractivity contribution in [2.24, 2.45) is 5.73 Å². The molecule has 124 valence electrons. The van der Waals surface area contributed by atoms with E-state index >= 15 is 0 Å². The fourth-order valence-corrected chi connectivity index (χ4v) is 2.51. The van der Waals surface area contributed by atoms with Crippen molar-refractivity contribution in [1.82, 2.24) is 0 Å². The van der Waals surface area contributed by atoms with Crippen LogP contribution < -0.4 is 19.9 Å². The largest absolute Gasteiger partial charge is 0.497 e. The van der Waals surface area contributed by atoms with E-state index in [0.29, 0.717) is 19.1 Å². The second-order valence-corrected chi connectivity index (χ2v) is 5.38. The molecule has 23 heavy (non-hydrogen) atoms. The van der Waals surface area contributed by atoms with Crippen LogP contribution in [0.25, 0.3) is 0 Å². The molecule has 1 atom stereocenters. The zero-order valence-corrected chi connectivity index (χ0v) is 13.8. The highest BCUT2D eigenvalue weighted by atomic mass is 16.5. The lowest BCUT2D eigenvalue weighted by molar-refractivity contribution is 0.301. The Labute approximate surface area is 138 Å². The standard InChI is InChI=1S/C19H25NO3/c1-21-17-8-10-18(11-9-17)23-12-4-6-16(14-20)15-5-3-7-19(13-15)22-2/h3,5,7-11,13,16H,4,6,12,14,20H2,1-2H3. The van der Waals surface area contributed by atoms with Crippen molar-refractivity contribution in [2.45, 2.75) is 18.8 Å². The van der Waals surface area contributed by atoms with Gasteiger partial charge in [0.2, 0.25) is 0 Å². The van der Waals surface area contributed by atoms with E-state index in [-0.39, 0.29) is 0 Å². The molecule has 0 spiro atoms. The minimum atomic E-state index is 0.324. The van der Waals surface area contributed by atoms with E-state index in [9.17, 15) is 0 Å². The summed E-state index contributed by atoms with van der Waals surface area (Å²) in [5.41, 5.74) is 7.14. The van der Waals surface area contributed by atoms with Crippen LogP contribution in [0.4, 0.5) is 0 Å². The van der Waals surface area contributed by atoms with E-state index in [1.165, 1.54) is 5.56 Å². The Morgan fingerprint density at radius 2 is 1.61 bits per heavy atom. The first kappa shape index (κ1) is 17.2. The number of benzene rings is 2. The minimum absolute atomic E-state index is 0.324. The van der Waals surface area contributed by atoms with E-state index < -0.39 is 0 Å². The molecule has 2 aromatic carbocycles. The molecule has 0 aliphatic heterocycles. The van der Waals surface area contributed by atoms with Crippen LogP contribution in [0.1, 0.15) is 24.3 Å². The fourth-order valence-electron chi connectivity index (χ4n) is 2.51. The summed E-state index contributed by atoms with van der Waals surface area (Å²) in [6.07, 6.45) is 1.94. The van der Waals surface area contributed by atoms with Crippen molar-refractivity contribution >= 4 is 0 Å². The van der Waals surface area contributed by atoms with Gasteiger partial charge in [-0.05, 0) is 67.3 Å². The lowest BCUT2D eigenvalue weighted by Crippen LogP contribution is -2.13. The molecule has 4 heteroatoms. The molecule has 0 aliphatic rings. The van der Waals surface area contributed by atoms with Gasteiger partial charge < -0.3 is 19.9 Å². The first-order valence-corrected chi connectivity index (χ1v) is 7.87. The molecule has 0 amide bonds. The van der Waals surface area contributed by atoms with Crippen molar-refractivity contribution in [3.8, 4) is 17.2 Å². The number of rotatable bonds is 9. The summed E-state index contributed by atoms with van der Waals surface area (Å²) < 4.78 is 16.2. The van der Waals surface area contributed by atoms with Crippen molar-refractivity contribution in [1.29, 1.82) is 0 Å². The molecule has 0 fully saturated rings. The van der Waals surface area contributed by atoms with Gasteiger partial charge in [-0.1, -0.05) is 12.1 Å². The third-order valence-corrected chi connectivity index (χ3v) is 3.87. The van der Waals surface area contributed by atoms with E-state index in [1.807, 2.05) is 36.4 Å². The van der Waals surface area contributed by atoms with Crippen LogP contribution in [0.2, 0.25) is 0 Å². The predicted octanol–water partition coefficient (Wildman–Crippen LogP) is 3.61. The average molecular weight is 315 g/mol. The van der Waals surface area contributed by atoms with Gasteiger partial charge in [0.05, 0.1) is 20.8 Å². The Balaban J connectivity index is 1.80. The maximum absolute atomic E-state index is 5.93. The number of methoxy groups -OCH3 is 2. The minimum Gasteiger partial charge on any atom is -0.497 e. The van der Waals surface area contributed by atoms with Crippen LogP contribution in [-0.2, 0) is 0 Å². The Bertz CT molecular complexity index is 583. The maximum Gasteiger partial charge on any atom is 0.119 e. The Hall–Kier alpha value is -2.20. The van der Waals surface area contributed by atoms with Crippen LogP contribution in [0.15, 0.2) is 48.5 Å². The van der Waals surface area contributed by atoms with Gasteiger partial charge in [0.1, 0.15) is 17.2 Å². The summed E-state index contributed by atoms with van der Waals surface area (Å²) in [4.78, 5) is 0. The maximum atomic E-state index is 5.93. The zero-order valence-electron chi connectivity index (χ0n) is 13.8. The third kappa shape index (κ3) is 5.18. The van der Waals surface area contributed by atoms with Gasteiger partial charge in [-0.25, -0.2) is 0 Å². The lowest BCUT2D eigenvalue weighted by atomic mass is 9.94. The fraction of sp³-hybridized carbons (Fsp3) is 0.368. The summed E-state index contributed by atoms with van der Waals surface area (Å²) in [6, 6.07) is 15.7. The monoisotopic (exact) mass is 315 g/mol. The molecule has 0 aromatic heterocycles. The topological polar surface area (TPSA) is 53.7 Å². The number of nitrogens with two attached hydrogens (primary N) is 1. The Morgan fingerprint density at radius 3 is 2.26 bits per heavy atom. The number of hydrogen-bond acceptors (Lipinski definition) is 4. The molecule has 4 nitrogen and oxygen atoms in total. The highest BCUT2D eigenvalue weighted by Gasteiger charge is 2.10. The zero-order chi connectivity index (χ0) is 16.5. The quantitative estimate of drug-likeness (QED) is 0.718. The molecule has 0 saturated heterocycles. The summed E-state index contributed by atoms with van der Waals surface area (Å²) in [5, 5.41) is 0. The predicted molar refractivity (Wildman–Crippen MR) is 92.5 cm³/mol. The first-order chi connectivity index (χ1) is 11.3. The molecule has 0 bridgehead atoms. The first-order valence-electron chi connectivity index (χ1n) is 7.87. The van der Waals surface area contributed by atoms with Gasteiger partial charge in [-0.3, -0.25) is 0 Å². The highest BCUT2D eigenvalue weighted by Crippen LogP contribution is 2.24. The summed E-state index contributed by atoms with van der Waals surface area (Å²) in [7, 11) is 3.33. The van der Waals surface area contributed by atoms with Crippen molar-refractivity contribution < 1.29 is 14.2 Å². The lowest BCUT2D eigenvalue weighted by Gasteiger charge is -2.16. The average Bonchev–Trinajstić information content (AvgIpc) is 2.62. The van der Waals surface area contributed by atoms with Crippen LogP contribution in [-0.4, -0.2) is 27.4 Å². The Kier molecular flexibility index (Phi) is 6.76. The van der Waals surface area contributed by atoms with Gasteiger partial charge in [0, 0.05) is 0 Å². The van der Waals surface area contributed by atoms with Crippen molar-refractivity contribution in [3.05, 3.63) is 54.1 Å². The summed E-state index contributed by atoms with van der Waals surface area (Å²) in [5.74, 6) is 2.88. The third-order valence-electron chi connectivity index (χ3n) is 3.87. The van der Waals surface area contributed by atoms with Crippen LogP contribution in [0, 0.1) is 0 Å². The molecule has 2 rings (SSSR count). The van der Waals surface area contributed by atoms with Gasteiger partial charge in [0.25, 0.3) is 0 Å². The molecule has 0 radical (unpaired) electrons. The number of hydrogen-bond donors (Lipinski definition) is 1. The molecule has 0 aliphatic carbocycles. The smallest absolute Gasteiger partial charge is 0.119 e. The van der Waals surface area contributed by atoms with Crippen molar-refractivity contribution in [2.75, 3.05) is 27.4 Å². The normalized spacial score (nSPS) is 11.8. The molecule has 0 saturated carbocycles. The van der Waals surface area contributed by atoms with Gasteiger partial charge >= 0.3 is 0 Å². The molecule has 1 unspecified atom stereocenters. The second-order valence-electron chi connectivity index (χ2n) is 5.38. The van der Waals surface area contributed by atoms with E-state index in [1.54, 1.807) is 14.2 Å². The van der Waals surface area contributed by atoms with Crippen molar-refractivity contribution in [3.63, 3.8) is 0 Å². The molecule has 2 aromatic rings. The molecule has 0 heterocycles. The van der Waals surface area contributed by atoms with Crippen LogP contribution in [0.5, 0.6) is 17.2 Å². The molecular weight excluding hydrogens is 290 g/mol. The summed E-state index contributed by atoms with van der Waals surface area (Å²) in [6.45, 7) is 1.29. The van der Waals surface area contributed by atoms with E-state index in [4.69, 9.17) is 19.9 Å². The second kappa shape index (κ2) is 9.06. The number of ether oxygens (including phenoxy) is 3. The Morgan fingerprint density at radius 1 is 0.913 bits per heavy atom. The summed E-state index contributed by atoms with van der Waals surface area (Å²) >= 11 is 0. The molecular formula is C19H25NO3. The SMILES string of the molecule is COc1ccc(OCCCC(CN)c2cccc(OC)c2)cc1. The van der Waals surface area contributed by atoms with Gasteiger partial charge in [-0.2, -0.15) is 0 Å². The van der Waals surface area contributed by atoms with Crippen LogP contribution in [0.3, 0.4) is 0 Å². The van der Waals surface area contributed by atoms with Crippen LogP contribution >= 0.6 is 0 Å². The van der Waals surface area contributed by atoms with E-state index in [0.717, 1.165) is 30.1 Å². The van der Waals surface area contributed by atoms with Gasteiger partial charge in [0.15, 0.2) is 0 Å². The van der Waals surface area contributed by atoms with E-state index in [2.05, 4.69) is 12.1 Å².